The number of fused-ring (bicyclic) bond motifs is 1. The van der Waals surface area contributed by atoms with Crippen molar-refractivity contribution in [3.63, 3.8) is 0 Å². The van der Waals surface area contributed by atoms with Crippen LogP contribution in [0.1, 0.15) is 75.9 Å². The van der Waals surface area contributed by atoms with Gasteiger partial charge in [-0.25, -0.2) is 9.59 Å². The fourth-order valence-electron chi connectivity index (χ4n) is 3.54. The van der Waals surface area contributed by atoms with E-state index in [1.54, 1.807) is 6.92 Å². The summed E-state index contributed by atoms with van der Waals surface area (Å²) < 4.78 is 0. The molecule has 3 aromatic rings. The maximum atomic E-state index is 11.2. The van der Waals surface area contributed by atoms with Crippen LogP contribution in [-0.2, 0) is 6.42 Å². The molecule has 0 saturated heterocycles. The molecular formula is C28H31NO5. The van der Waals surface area contributed by atoms with Gasteiger partial charge in [-0.15, -0.1) is 0 Å². The Labute approximate surface area is 199 Å². The standard InChI is InChI=1S/C19H23NO.C9H8O4/c1-14(2)7-6-8-15(3)11-12-17-16-9-4-5-10-18(16)20-19(17)13-21;1-5-2-6(8(10)11)4-7(3-5)9(12)13/h4-5,7,9-11,13,20H,6,8,12H2,1-3H3;2-4H,1H3,(H,10,11)(H,12,13)/b15-11+;. The molecule has 1 heterocycles. The molecule has 0 unspecified atom stereocenters. The highest BCUT2D eigenvalue weighted by Gasteiger charge is 2.10. The van der Waals surface area contributed by atoms with E-state index in [0.29, 0.717) is 11.3 Å². The van der Waals surface area contributed by atoms with E-state index in [-0.39, 0.29) is 11.1 Å². The first-order valence-electron chi connectivity index (χ1n) is 11.0. The van der Waals surface area contributed by atoms with Gasteiger partial charge in [-0.3, -0.25) is 4.79 Å². The van der Waals surface area contributed by atoms with Gasteiger partial charge in [-0.1, -0.05) is 41.5 Å². The number of carbonyl (C=O) groups excluding carboxylic acids is 1. The fourth-order valence-corrected chi connectivity index (χ4v) is 3.54. The Kier molecular flexibility index (Phi) is 9.56. The molecular weight excluding hydrogens is 430 g/mol. The van der Waals surface area contributed by atoms with Crippen molar-refractivity contribution in [2.24, 2.45) is 0 Å². The van der Waals surface area contributed by atoms with E-state index in [1.807, 2.05) is 18.2 Å². The van der Waals surface area contributed by atoms with Crippen LogP contribution in [-0.4, -0.2) is 33.4 Å². The van der Waals surface area contributed by atoms with Crippen LogP contribution in [0.3, 0.4) is 0 Å². The van der Waals surface area contributed by atoms with Crippen molar-refractivity contribution in [2.75, 3.05) is 0 Å². The van der Waals surface area contributed by atoms with Crippen LogP contribution in [0.4, 0.5) is 0 Å². The Morgan fingerprint density at radius 1 is 0.941 bits per heavy atom. The number of benzene rings is 2. The van der Waals surface area contributed by atoms with Crippen molar-refractivity contribution in [1.82, 2.24) is 4.98 Å². The van der Waals surface area contributed by atoms with Crippen LogP contribution in [0.15, 0.2) is 65.8 Å². The minimum Gasteiger partial charge on any atom is -0.478 e. The second kappa shape index (κ2) is 12.3. The predicted molar refractivity (Wildman–Crippen MR) is 135 cm³/mol. The molecule has 0 radical (unpaired) electrons. The lowest BCUT2D eigenvalue weighted by Crippen LogP contribution is -2.02. The SMILES string of the molecule is CC(C)=CCC/C(C)=C/Cc1c(C=O)[nH]c2ccccc12.Cc1cc(C(=O)O)cc(C(=O)O)c1. The van der Waals surface area contributed by atoms with E-state index in [9.17, 15) is 14.4 Å². The average molecular weight is 462 g/mol. The third-order valence-electron chi connectivity index (χ3n) is 5.28. The van der Waals surface area contributed by atoms with Gasteiger partial charge in [-0.2, -0.15) is 0 Å². The molecule has 0 aliphatic heterocycles. The number of aromatic carboxylic acids is 2. The molecule has 0 atom stereocenters. The second-order valence-corrected chi connectivity index (χ2v) is 8.45. The lowest BCUT2D eigenvalue weighted by molar-refractivity contribution is 0.0696. The highest BCUT2D eigenvalue weighted by Crippen LogP contribution is 2.23. The summed E-state index contributed by atoms with van der Waals surface area (Å²) in [7, 11) is 0. The largest absolute Gasteiger partial charge is 0.478 e. The van der Waals surface area contributed by atoms with Crippen LogP contribution in [0.2, 0.25) is 0 Å². The Bertz CT molecular complexity index is 1210. The van der Waals surface area contributed by atoms with Crippen LogP contribution in [0.5, 0.6) is 0 Å². The van der Waals surface area contributed by atoms with Gasteiger partial charge >= 0.3 is 11.9 Å². The molecule has 0 aliphatic rings. The van der Waals surface area contributed by atoms with Crippen molar-refractivity contribution >= 4 is 29.1 Å². The zero-order valence-corrected chi connectivity index (χ0v) is 20.0. The maximum absolute atomic E-state index is 11.2. The highest BCUT2D eigenvalue weighted by atomic mass is 16.4. The van der Waals surface area contributed by atoms with E-state index in [1.165, 1.54) is 23.3 Å². The van der Waals surface area contributed by atoms with Gasteiger partial charge in [0.1, 0.15) is 0 Å². The lowest BCUT2D eigenvalue weighted by atomic mass is 10.0. The molecule has 3 N–H and O–H groups in total. The minimum absolute atomic E-state index is 0.00241. The number of rotatable bonds is 8. The molecule has 0 amide bonds. The molecule has 34 heavy (non-hydrogen) atoms. The molecule has 0 spiro atoms. The number of carboxylic acid groups (broad SMARTS) is 2. The number of aryl methyl sites for hydroxylation is 1. The minimum atomic E-state index is -1.12. The number of nitrogens with one attached hydrogen (secondary N) is 1. The summed E-state index contributed by atoms with van der Waals surface area (Å²) in [5.41, 5.74) is 6.18. The number of hydrogen-bond donors (Lipinski definition) is 3. The molecule has 1 aromatic heterocycles. The summed E-state index contributed by atoms with van der Waals surface area (Å²) in [5.74, 6) is -2.24. The fraction of sp³-hybridized carbons (Fsp3) is 0.250. The first kappa shape index (κ1) is 26.3. The summed E-state index contributed by atoms with van der Waals surface area (Å²) in [6, 6.07) is 12.1. The number of hydrogen-bond acceptors (Lipinski definition) is 3. The first-order chi connectivity index (χ1) is 16.1. The van der Waals surface area contributed by atoms with Crippen LogP contribution in [0.25, 0.3) is 10.9 Å². The molecule has 2 aromatic carbocycles. The number of carbonyl (C=O) groups is 3. The van der Waals surface area contributed by atoms with E-state index < -0.39 is 11.9 Å². The summed E-state index contributed by atoms with van der Waals surface area (Å²) in [5, 5.41) is 18.4. The van der Waals surface area contributed by atoms with Gasteiger partial charge in [0.15, 0.2) is 6.29 Å². The van der Waals surface area contributed by atoms with E-state index in [0.717, 1.165) is 48.1 Å². The van der Waals surface area contributed by atoms with Crippen LogP contribution in [0, 0.1) is 6.92 Å². The average Bonchev–Trinajstić information content (AvgIpc) is 3.15. The van der Waals surface area contributed by atoms with E-state index >= 15 is 0 Å². The van der Waals surface area contributed by atoms with E-state index in [2.05, 4.69) is 44.0 Å². The Balaban J connectivity index is 0.000000270. The molecule has 0 aliphatic carbocycles. The summed E-state index contributed by atoms with van der Waals surface area (Å²) >= 11 is 0. The number of aldehydes is 1. The van der Waals surface area contributed by atoms with Gasteiger partial charge in [0.05, 0.1) is 16.8 Å². The molecule has 6 nitrogen and oxygen atoms in total. The highest BCUT2D eigenvalue weighted by molar-refractivity contribution is 5.94. The van der Waals surface area contributed by atoms with Crippen molar-refractivity contribution in [3.05, 3.63) is 93.7 Å². The number of para-hydroxylation sites is 1. The molecule has 0 saturated carbocycles. The van der Waals surface area contributed by atoms with Gasteiger partial charge < -0.3 is 15.2 Å². The molecule has 6 heteroatoms. The Morgan fingerprint density at radius 2 is 1.56 bits per heavy atom. The zero-order chi connectivity index (χ0) is 25.3. The summed E-state index contributed by atoms with van der Waals surface area (Å²) in [4.78, 5) is 35.5. The van der Waals surface area contributed by atoms with Gasteiger partial charge in [0.25, 0.3) is 0 Å². The topological polar surface area (TPSA) is 107 Å². The van der Waals surface area contributed by atoms with Gasteiger partial charge in [-0.05, 0) is 82.3 Å². The number of carboxylic acids is 2. The molecule has 0 bridgehead atoms. The monoisotopic (exact) mass is 461 g/mol. The van der Waals surface area contributed by atoms with Crippen LogP contribution >= 0.6 is 0 Å². The van der Waals surface area contributed by atoms with Crippen molar-refractivity contribution in [1.29, 1.82) is 0 Å². The predicted octanol–water partition coefficient (Wildman–Crippen LogP) is 6.61. The number of aromatic nitrogens is 1. The summed E-state index contributed by atoms with van der Waals surface area (Å²) in [6.07, 6.45) is 8.38. The Hall–Kier alpha value is -3.93. The summed E-state index contributed by atoms with van der Waals surface area (Å²) in [6.45, 7) is 8.07. The number of aromatic amines is 1. The third kappa shape index (κ3) is 7.59. The van der Waals surface area contributed by atoms with E-state index in [4.69, 9.17) is 10.2 Å². The van der Waals surface area contributed by atoms with Gasteiger partial charge in [0, 0.05) is 10.9 Å². The van der Waals surface area contributed by atoms with Crippen LogP contribution < -0.4 is 0 Å². The first-order valence-corrected chi connectivity index (χ1v) is 11.0. The maximum Gasteiger partial charge on any atom is 0.335 e. The molecule has 178 valence electrons. The number of H-pyrrole nitrogens is 1. The quantitative estimate of drug-likeness (QED) is 0.258. The lowest BCUT2D eigenvalue weighted by Gasteiger charge is -2.01. The molecule has 0 fully saturated rings. The van der Waals surface area contributed by atoms with Gasteiger partial charge in [0.2, 0.25) is 0 Å². The van der Waals surface area contributed by atoms with Crippen molar-refractivity contribution in [2.45, 2.75) is 47.0 Å². The van der Waals surface area contributed by atoms with Crippen molar-refractivity contribution < 1.29 is 24.6 Å². The number of allylic oxidation sites excluding steroid dienone is 4. The smallest absolute Gasteiger partial charge is 0.335 e. The second-order valence-electron chi connectivity index (χ2n) is 8.45. The third-order valence-corrected chi connectivity index (χ3v) is 5.28. The zero-order valence-electron chi connectivity index (χ0n) is 20.0. The molecule has 3 rings (SSSR count). The van der Waals surface area contributed by atoms with Crippen molar-refractivity contribution in [3.8, 4) is 0 Å². The Morgan fingerprint density at radius 3 is 2.12 bits per heavy atom. The normalized spacial score (nSPS) is 10.9.